The highest BCUT2D eigenvalue weighted by molar-refractivity contribution is 7.10. The van der Waals surface area contributed by atoms with E-state index in [9.17, 15) is 9.59 Å². The molecule has 3 nitrogen and oxygen atoms in total. The number of thiophene rings is 1. The molecule has 2 heterocycles. The Morgan fingerprint density at radius 3 is 2.68 bits per heavy atom. The fourth-order valence-electron chi connectivity index (χ4n) is 2.72. The quantitative estimate of drug-likeness (QED) is 0.809. The average molecular weight is 313 g/mol. The molecule has 0 saturated heterocycles. The summed E-state index contributed by atoms with van der Waals surface area (Å²) in [6.07, 6.45) is 1.52. The molecule has 1 aliphatic rings. The van der Waals surface area contributed by atoms with Crippen molar-refractivity contribution in [1.82, 2.24) is 4.90 Å². The summed E-state index contributed by atoms with van der Waals surface area (Å²) in [6.45, 7) is 3.45. The summed E-state index contributed by atoms with van der Waals surface area (Å²) in [4.78, 5) is 27.7. The van der Waals surface area contributed by atoms with Crippen LogP contribution in [-0.4, -0.2) is 23.1 Å². The number of hydrogen-bond donors (Lipinski definition) is 0. The third kappa shape index (κ3) is 3.28. The molecule has 1 aromatic heterocycles. The van der Waals surface area contributed by atoms with Crippen LogP contribution in [0.2, 0.25) is 0 Å². The van der Waals surface area contributed by atoms with Crippen molar-refractivity contribution in [3.63, 3.8) is 0 Å². The second-order valence-corrected chi connectivity index (χ2v) is 6.72. The minimum absolute atomic E-state index is 0.0431. The molecule has 1 aromatic carbocycles. The Morgan fingerprint density at radius 2 is 1.91 bits per heavy atom. The molecule has 0 bridgehead atoms. The van der Waals surface area contributed by atoms with Crippen LogP contribution in [-0.2, 0) is 17.8 Å². The van der Waals surface area contributed by atoms with Gasteiger partial charge < -0.3 is 4.90 Å². The van der Waals surface area contributed by atoms with Gasteiger partial charge in [0, 0.05) is 36.4 Å². The van der Waals surface area contributed by atoms with Crippen molar-refractivity contribution in [2.75, 3.05) is 6.54 Å². The van der Waals surface area contributed by atoms with Crippen molar-refractivity contribution in [2.24, 2.45) is 0 Å². The molecule has 1 amide bonds. The summed E-state index contributed by atoms with van der Waals surface area (Å²) in [5.74, 6) is 0.124. The Balaban J connectivity index is 1.54. The van der Waals surface area contributed by atoms with Gasteiger partial charge in [-0.3, -0.25) is 9.59 Å². The van der Waals surface area contributed by atoms with E-state index in [-0.39, 0.29) is 18.1 Å². The number of Topliss-reactive ketones (excluding diaryl/α,β-unsaturated/α-hetero) is 1. The van der Waals surface area contributed by atoms with Gasteiger partial charge in [-0.05, 0) is 30.4 Å². The molecule has 0 fully saturated rings. The van der Waals surface area contributed by atoms with E-state index >= 15 is 0 Å². The predicted molar refractivity (Wildman–Crippen MR) is 88.2 cm³/mol. The number of ketones is 1. The Bertz CT molecular complexity index is 687. The zero-order valence-electron chi connectivity index (χ0n) is 12.7. The van der Waals surface area contributed by atoms with Crippen LogP contribution in [0.5, 0.6) is 0 Å². The molecular formula is C18H19NO2S. The van der Waals surface area contributed by atoms with E-state index in [1.165, 1.54) is 10.4 Å². The van der Waals surface area contributed by atoms with Crippen molar-refractivity contribution in [3.8, 4) is 0 Å². The molecular weight excluding hydrogens is 294 g/mol. The van der Waals surface area contributed by atoms with Crippen molar-refractivity contribution < 1.29 is 9.59 Å². The van der Waals surface area contributed by atoms with E-state index in [1.54, 1.807) is 11.3 Å². The van der Waals surface area contributed by atoms with Gasteiger partial charge in [-0.1, -0.05) is 29.8 Å². The highest BCUT2D eigenvalue weighted by Crippen LogP contribution is 2.24. The van der Waals surface area contributed by atoms with Crippen LogP contribution in [0, 0.1) is 6.92 Å². The smallest absolute Gasteiger partial charge is 0.223 e. The van der Waals surface area contributed by atoms with E-state index < -0.39 is 0 Å². The van der Waals surface area contributed by atoms with E-state index in [1.807, 2.05) is 36.1 Å². The van der Waals surface area contributed by atoms with Crippen LogP contribution in [0.15, 0.2) is 35.7 Å². The Hall–Kier alpha value is -1.94. The van der Waals surface area contributed by atoms with E-state index in [2.05, 4.69) is 11.4 Å². The lowest BCUT2D eigenvalue weighted by molar-refractivity contribution is -0.132. The summed E-state index contributed by atoms with van der Waals surface area (Å²) < 4.78 is 0. The first-order valence-electron chi connectivity index (χ1n) is 7.56. The second kappa shape index (κ2) is 6.44. The third-order valence-electron chi connectivity index (χ3n) is 4.10. The lowest BCUT2D eigenvalue weighted by Crippen LogP contribution is -2.35. The SMILES string of the molecule is Cc1ccc(C(=O)CCC(=O)N2CCc3sccc3C2)cc1. The molecule has 0 aliphatic carbocycles. The normalized spacial score (nSPS) is 13.8. The molecule has 4 heteroatoms. The first-order chi connectivity index (χ1) is 10.6. The molecule has 0 atom stereocenters. The average Bonchev–Trinajstić information content (AvgIpc) is 3.00. The van der Waals surface area contributed by atoms with Gasteiger partial charge in [0.25, 0.3) is 0 Å². The number of benzene rings is 1. The lowest BCUT2D eigenvalue weighted by Gasteiger charge is -2.27. The number of hydrogen-bond acceptors (Lipinski definition) is 3. The topological polar surface area (TPSA) is 37.4 Å². The summed E-state index contributed by atoms with van der Waals surface area (Å²) in [5, 5.41) is 2.08. The molecule has 0 radical (unpaired) electrons. The minimum Gasteiger partial charge on any atom is -0.338 e. The maximum absolute atomic E-state index is 12.3. The molecule has 0 saturated carbocycles. The molecule has 0 spiro atoms. The zero-order valence-corrected chi connectivity index (χ0v) is 13.5. The van der Waals surface area contributed by atoms with E-state index in [0.717, 1.165) is 18.5 Å². The van der Waals surface area contributed by atoms with Crippen molar-refractivity contribution in [2.45, 2.75) is 32.7 Å². The minimum atomic E-state index is 0.0431. The number of carbonyl (C=O) groups excluding carboxylic acids is 2. The van der Waals surface area contributed by atoms with Crippen LogP contribution in [0.4, 0.5) is 0 Å². The summed E-state index contributed by atoms with van der Waals surface area (Å²) in [7, 11) is 0. The van der Waals surface area contributed by atoms with Gasteiger partial charge in [0.1, 0.15) is 0 Å². The second-order valence-electron chi connectivity index (χ2n) is 5.72. The zero-order chi connectivity index (χ0) is 15.5. The van der Waals surface area contributed by atoms with Gasteiger partial charge in [-0.25, -0.2) is 0 Å². The molecule has 2 aromatic rings. The predicted octanol–water partition coefficient (Wildman–Crippen LogP) is 3.60. The standard InChI is InChI=1S/C18H19NO2S/c1-13-2-4-14(5-3-13)16(20)6-7-18(21)19-10-8-17-15(12-19)9-11-22-17/h2-5,9,11H,6-8,10,12H2,1H3. The van der Waals surface area contributed by atoms with Gasteiger partial charge in [0.15, 0.2) is 5.78 Å². The number of nitrogens with zero attached hydrogens (tertiary/aromatic N) is 1. The van der Waals surface area contributed by atoms with E-state index in [0.29, 0.717) is 18.5 Å². The van der Waals surface area contributed by atoms with Crippen molar-refractivity contribution in [1.29, 1.82) is 0 Å². The molecule has 114 valence electrons. The Labute approximate surface area is 134 Å². The number of amides is 1. The maximum atomic E-state index is 12.3. The molecule has 22 heavy (non-hydrogen) atoms. The number of rotatable bonds is 4. The fourth-order valence-corrected chi connectivity index (χ4v) is 3.61. The summed E-state index contributed by atoms with van der Waals surface area (Å²) in [5.41, 5.74) is 3.08. The highest BCUT2D eigenvalue weighted by Gasteiger charge is 2.21. The maximum Gasteiger partial charge on any atom is 0.223 e. The lowest BCUT2D eigenvalue weighted by atomic mass is 10.0. The van der Waals surface area contributed by atoms with Crippen LogP contribution in [0.25, 0.3) is 0 Å². The van der Waals surface area contributed by atoms with Crippen LogP contribution < -0.4 is 0 Å². The van der Waals surface area contributed by atoms with Gasteiger partial charge in [-0.2, -0.15) is 0 Å². The van der Waals surface area contributed by atoms with Crippen LogP contribution in [0.1, 0.15) is 39.2 Å². The fraction of sp³-hybridized carbons (Fsp3) is 0.333. The molecule has 0 N–H and O–H groups in total. The monoisotopic (exact) mass is 313 g/mol. The van der Waals surface area contributed by atoms with Gasteiger partial charge in [-0.15, -0.1) is 11.3 Å². The molecule has 3 rings (SSSR count). The van der Waals surface area contributed by atoms with Gasteiger partial charge in [0.2, 0.25) is 5.91 Å². The first-order valence-corrected chi connectivity index (χ1v) is 8.44. The molecule has 0 unspecified atom stereocenters. The summed E-state index contributed by atoms with van der Waals surface area (Å²) >= 11 is 1.76. The largest absolute Gasteiger partial charge is 0.338 e. The Morgan fingerprint density at radius 1 is 1.14 bits per heavy atom. The third-order valence-corrected chi connectivity index (χ3v) is 5.12. The van der Waals surface area contributed by atoms with Crippen molar-refractivity contribution >= 4 is 23.0 Å². The first kappa shape index (κ1) is 15.0. The van der Waals surface area contributed by atoms with Crippen molar-refractivity contribution in [3.05, 3.63) is 57.3 Å². The van der Waals surface area contributed by atoms with Crippen LogP contribution in [0.3, 0.4) is 0 Å². The van der Waals surface area contributed by atoms with Crippen LogP contribution >= 0.6 is 11.3 Å². The summed E-state index contributed by atoms with van der Waals surface area (Å²) in [6, 6.07) is 9.62. The van der Waals surface area contributed by atoms with Gasteiger partial charge >= 0.3 is 0 Å². The van der Waals surface area contributed by atoms with E-state index in [4.69, 9.17) is 0 Å². The number of carbonyl (C=O) groups is 2. The number of fused-ring (bicyclic) bond motifs is 1. The van der Waals surface area contributed by atoms with Gasteiger partial charge in [0.05, 0.1) is 0 Å². The number of aryl methyl sites for hydroxylation is 1. The highest BCUT2D eigenvalue weighted by atomic mass is 32.1. The Kier molecular flexibility index (Phi) is 4.39. The molecule has 1 aliphatic heterocycles.